The third-order valence-corrected chi connectivity index (χ3v) is 3.08. The van der Waals surface area contributed by atoms with Crippen LogP contribution in [0.1, 0.15) is 51.9 Å². The van der Waals surface area contributed by atoms with Crippen molar-refractivity contribution >= 4 is 11.6 Å². The molecule has 0 radical (unpaired) electrons. The zero-order valence-electron chi connectivity index (χ0n) is 9.37. The van der Waals surface area contributed by atoms with Gasteiger partial charge in [0.25, 0.3) is 0 Å². The molecule has 1 rings (SSSR count). The highest BCUT2D eigenvalue weighted by atomic mass is 16.3. The van der Waals surface area contributed by atoms with Gasteiger partial charge in [0.2, 0.25) is 11.6 Å². The number of aliphatic hydroxyl groups excluding tert-OH is 1. The Bertz CT molecular complexity index is 229. The van der Waals surface area contributed by atoms with Gasteiger partial charge in [0.15, 0.2) is 0 Å². The topological polar surface area (TPSA) is 54.4 Å². The van der Waals surface area contributed by atoms with Crippen molar-refractivity contribution in [2.75, 3.05) is 0 Å². The molecule has 1 fully saturated rings. The molecule has 1 saturated carbocycles. The van der Waals surface area contributed by atoms with E-state index in [1.54, 1.807) is 0 Å². The van der Waals surface area contributed by atoms with Crippen LogP contribution in [0.4, 0.5) is 0 Å². The Morgan fingerprint density at radius 2 is 1.87 bits per heavy atom. The van der Waals surface area contributed by atoms with Gasteiger partial charge in [-0.25, -0.2) is 0 Å². The minimum atomic E-state index is -1.07. The van der Waals surface area contributed by atoms with Crippen molar-refractivity contribution in [2.45, 2.75) is 58.0 Å². The second-order valence-corrected chi connectivity index (χ2v) is 4.37. The Kier molecular flexibility index (Phi) is 4.95. The molecule has 0 aromatic rings. The summed E-state index contributed by atoms with van der Waals surface area (Å²) in [5.74, 6) is -1.02. The summed E-state index contributed by atoms with van der Waals surface area (Å²) < 4.78 is 0. The van der Waals surface area contributed by atoms with Crippen LogP contribution in [0, 0.1) is 5.92 Å². The smallest absolute Gasteiger partial charge is 0.226 e. The highest BCUT2D eigenvalue weighted by molar-refractivity contribution is 6.39. The SMILES string of the molecule is CCCC(O)C(=O)C(=O)C1CCCCC1. The molecule has 0 aliphatic heterocycles. The summed E-state index contributed by atoms with van der Waals surface area (Å²) in [6, 6.07) is 0. The van der Waals surface area contributed by atoms with E-state index in [2.05, 4.69) is 0 Å². The van der Waals surface area contributed by atoms with E-state index in [4.69, 9.17) is 0 Å². The number of ketones is 2. The molecule has 1 unspecified atom stereocenters. The lowest BCUT2D eigenvalue weighted by Gasteiger charge is -2.20. The Labute approximate surface area is 90.9 Å². The van der Waals surface area contributed by atoms with Crippen molar-refractivity contribution < 1.29 is 14.7 Å². The lowest BCUT2D eigenvalue weighted by atomic mass is 9.84. The molecule has 0 aromatic carbocycles. The first kappa shape index (κ1) is 12.4. The molecule has 0 amide bonds. The van der Waals surface area contributed by atoms with Gasteiger partial charge in [-0.15, -0.1) is 0 Å². The molecule has 3 nitrogen and oxygen atoms in total. The fourth-order valence-electron chi connectivity index (χ4n) is 2.13. The third kappa shape index (κ3) is 3.42. The Balaban J connectivity index is 2.47. The maximum Gasteiger partial charge on any atom is 0.226 e. The summed E-state index contributed by atoms with van der Waals surface area (Å²) >= 11 is 0. The third-order valence-electron chi connectivity index (χ3n) is 3.08. The van der Waals surface area contributed by atoms with Gasteiger partial charge in [-0.05, 0) is 19.3 Å². The molecule has 15 heavy (non-hydrogen) atoms. The number of hydrogen-bond acceptors (Lipinski definition) is 3. The zero-order chi connectivity index (χ0) is 11.3. The number of aliphatic hydroxyl groups is 1. The second-order valence-electron chi connectivity index (χ2n) is 4.37. The molecular formula is C12H20O3. The molecule has 0 aromatic heterocycles. The first-order valence-electron chi connectivity index (χ1n) is 5.93. The van der Waals surface area contributed by atoms with Crippen LogP contribution in [-0.2, 0) is 9.59 Å². The monoisotopic (exact) mass is 212 g/mol. The molecule has 1 aliphatic carbocycles. The fraction of sp³-hybridized carbons (Fsp3) is 0.833. The van der Waals surface area contributed by atoms with Crippen molar-refractivity contribution in [3.05, 3.63) is 0 Å². The van der Waals surface area contributed by atoms with Crippen molar-refractivity contribution in [1.82, 2.24) is 0 Å². The van der Waals surface area contributed by atoms with Crippen molar-refractivity contribution in [3.8, 4) is 0 Å². The van der Waals surface area contributed by atoms with Crippen LogP contribution >= 0.6 is 0 Å². The van der Waals surface area contributed by atoms with Crippen molar-refractivity contribution in [3.63, 3.8) is 0 Å². The summed E-state index contributed by atoms with van der Waals surface area (Å²) in [6.07, 6.45) is 4.94. The molecule has 0 heterocycles. The van der Waals surface area contributed by atoms with Crippen LogP contribution in [0.3, 0.4) is 0 Å². The van der Waals surface area contributed by atoms with Gasteiger partial charge in [0.05, 0.1) is 0 Å². The van der Waals surface area contributed by atoms with Crippen LogP contribution in [0.2, 0.25) is 0 Å². The molecular weight excluding hydrogens is 192 g/mol. The predicted octanol–water partition coefficient (Wildman–Crippen LogP) is 1.87. The first-order chi connectivity index (χ1) is 7.16. The Morgan fingerprint density at radius 3 is 2.40 bits per heavy atom. The molecule has 0 saturated heterocycles. The average molecular weight is 212 g/mol. The molecule has 1 aliphatic rings. The van der Waals surface area contributed by atoms with Gasteiger partial charge in [-0.3, -0.25) is 9.59 Å². The molecule has 86 valence electrons. The number of rotatable bonds is 5. The molecule has 0 bridgehead atoms. The predicted molar refractivity (Wildman–Crippen MR) is 57.5 cm³/mol. The maximum absolute atomic E-state index is 11.7. The van der Waals surface area contributed by atoms with E-state index >= 15 is 0 Å². The van der Waals surface area contributed by atoms with Gasteiger partial charge < -0.3 is 5.11 Å². The molecule has 3 heteroatoms. The van der Waals surface area contributed by atoms with E-state index in [0.717, 1.165) is 38.5 Å². The summed E-state index contributed by atoms with van der Waals surface area (Å²) in [6.45, 7) is 1.89. The van der Waals surface area contributed by atoms with Crippen LogP contribution in [0.25, 0.3) is 0 Å². The summed E-state index contributed by atoms with van der Waals surface area (Å²) in [7, 11) is 0. The molecule has 1 N–H and O–H groups in total. The van der Waals surface area contributed by atoms with Crippen molar-refractivity contribution in [1.29, 1.82) is 0 Å². The van der Waals surface area contributed by atoms with E-state index in [9.17, 15) is 14.7 Å². The van der Waals surface area contributed by atoms with E-state index in [1.807, 2.05) is 6.92 Å². The van der Waals surface area contributed by atoms with Crippen molar-refractivity contribution in [2.24, 2.45) is 5.92 Å². The minimum absolute atomic E-state index is 0.113. The highest BCUT2D eigenvalue weighted by Crippen LogP contribution is 2.25. The number of carbonyl (C=O) groups is 2. The van der Waals surface area contributed by atoms with E-state index < -0.39 is 11.9 Å². The van der Waals surface area contributed by atoms with Gasteiger partial charge >= 0.3 is 0 Å². The van der Waals surface area contributed by atoms with Gasteiger partial charge in [0, 0.05) is 5.92 Å². The lowest BCUT2D eigenvalue weighted by Crippen LogP contribution is -2.34. The molecule has 0 spiro atoms. The maximum atomic E-state index is 11.7. The average Bonchev–Trinajstić information content (AvgIpc) is 2.28. The Hall–Kier alpha value is -0.700. The highest BCUT2D eigenvalue weighted by Gasteiger charge is 2.30. The normalized spacial score (nSPS) is 19.9. The van der Waals surface area contributed by atoms with Crippen LogP contribution in [-0.4, -0.2) is 22.8 Å². The van der Waals surface area contributed by atoms with Crippen LogP contribution in [0.5, 0.6) is 0 Å². The number of carbonyl (C=O) groups excluding carboxylic acids is 2. The first-order valence-corrected chi connectivity index (χ1v) is 5.93. The van der Waals surface area contributed by atoms with Crippen LogP contribution < -0.4 is 0 Å². The van der Waals surface area contributed by atoms with E-state index in [-0.39, 0.29) is 11.7 Å². The summed E-state index contributed by atoms with van der Waals surface area (Å²) in [5, 5.41) is 9.45. The number of Topliss-reactive ketones (excluding diaryl/α,β-unsaturated/α-hetero) is 2. The van der Waals surface area contributed by atoms with Crippen LogP contribution in [0.15, 0.2) is 0 Å². The van der Waals surface area contributed by atoms with Gasteiger partial charge in [-0.2, -0.15) is 0 Å². The fourth-order valence-corrected chi connectivity index (χ4v) is 2.13. The standard InChI is InChI=1S/C12H20O3/c1-2-6-10(13)12(15)11(14)9-7-4-3-5-8-9/h9-10,13H,2-8H2,1H3. The Morgan fingerprint density at radius 1 is 1.27 bits per heavy atom. The summed E-state index contributed by atoms with van der Waals surface area (Å²) in [4.78, 5) is 23.2. The number of hydrogen-bond donors (Lipinski definition) is 1. The quantitative estimate of drug-likeness (QED) is 0.708. The zero-order valence-corrected chi connectivity index (χ0v) is 9.37. The summed E-state index contributed by atoms with van der Waals surface area (Å²) in [5.41, 5.74) is 0. The minimum Gasteiger partial charge on any atom is -0.385 e. The second kappa shape index (κ2) is 6.01. The largest absolute Gasteiger partial charge is 0.385 e. The van der Waals surface area contributed by atoms with Gasteiger partial charge in [-0.1, -0.05) is 32.6 Å². The lowest BCUT2D eigenvalue weighted by molar-refractivity contribution is -0.144. The molecule has 1 atom stereocenters. The van der Waals surface area contributed by atoms with E-state index in [1.165, 1.54) is 0 Å². The van der Waals surface area contributed by atoms with Gasteiger partial charge in [0.1, 0.15) is 6.10 Å². The van der Waals surface area contributed by atoms with E-state index in [0.29, 0.717) is 6.42 Å².